The number of anilines is 1. The fraction of sp³-hybridized carbons (Fsp3) is 0.353. The predicted octanol–water partition coefficient (Wildman–Crippen LogP) is 0.938. The van der Waals surface area contributed by atoms with E-state index in [0.29, 0.717) is 46.8 Å². The monoisotopic (exact) mass is 430 g/mol. The molecule has 3 rings (SSSR count). The molecule has 146 valence electrons. The van der Waals surface area contributed by atoms with Crippen molar-refractivity contribution >= 4 is 44.6 Å². The van der Waals surface area contributed by atoms with Crippen LogP contribution >= 0.6 is 22.9 Å². The van der Waals surface area contributed by atoms with Crippen molar-refractivity contribution in [3.63, 3.8) is 0 Å². The highest BCUT2D eigenvalue weighted by molar-refractivity contribution is 7.91. The zero-order valence-electron chi connectivity index (χ0n) is 14.8. The molecule has 27 heavy (non-hydrogen) atoms. The van der Waals surface area contributed by atoms with Gasteiger partial charge < -0.3 is 15.0 Å². The summed E-state index contributed by atoms with van der Waals surface area (Å²) in [4.78, 5) is 13.3. The fourth-order valence-corrected chi connectivity index (χ4v) is 5.78. The third-order valence-corrected chi connectivity index (χ3v) is 7.93. The number of sulfonamides is 1. The van der Waals surface area contributed by atoms with Crippen LogP contribution in [0.4, 0.5) is 5.69 Å². The van der Waals surface area contributed by atoms with Crippen LogP contribution in [0, 0.1) is 0 Å². The lowest BCUT2D eigenvalue weighted by atomic mass is 10.3. The molecule has 2 heterocycles. The average Bonchev–Trinajstić information content (AvgIpc) is 3.18. The van der Waals surface area contributed by atoms with Crippen LogP contribution in [0.3, 0.4) is 0 Å². The van der Waals surface area contributed by atoms with Gasteiger partial charge in [0.2, 0.25) is 0 Å². The zero-order valence-corrected chi connectivity index (χ0v) is 17.2. The molecule has 2 N–H and O–H groups in total. The predicted molar refractivity (Wildman–Crippen MR) is 105 cm³/mol. The SMILES string of the molecule is COc1ccc(NC(=O)C[NH+]2CCN(S(=O)(=O)c3cccs3)CC2)cc1Cl. The van der Waals surface area contributed by atoms with E-state index in [9.17, 15) is 13.2 Å². The molecule has 1 amide bonds. The van der Waals surface area contributed by atoms with E-state index in [0.717, 1.165) is 4.90 Å². The van der Waals surface area contributed by atoms with Gasteiger partial charge in [-0.25, -0.2) is 8.42 Å². The number of piperazine rings is 1. The highest BCUT2D eigenvalue weighted by Crippen LogP contribution is 2.27. The first kappa shape index (κ1) is 20.1. The summed E-state index contributed by atoms with van der Waals surface area (Å²) < 4.78 is 32.0. The minimum Gasteiger partial charge on any atom is -0.495 e. The summed E-state index contributed by atoms with van der Waals surface area (Å²) >= 11 is 7.28. The van der Waals surface area contributed by atoms with Crippen LogP contribution in [0.5, 0.6) is 5.75 Å². The molecule has 1 aromatic carbocycles. The Bertz CT molecular complexity index is 895. The van der Waals surface area contributed by atoms with Crippen molar-refractivity contribution in [2.75, 3.05) is 45.2 Å². The molecule has 7 nitrogen and oxygen atoms in total. The number of carbonyl (C=O) groups is 1. The number of nitrogens with zero attached hydrogens (tertiary/aromatic N) is 1. The number of benzene rings is 1. The van der Waals surface area contributed by atoms with E-state index < -0.39 is 10.0 Å². The highest BCUT2D eigenvalue weighted by atomic mass is 35.5. The van der Waals surface area contributed by atoms with Crippen LogP contribution in [-0.2, 0) is 14.8 Å². The number of ether oxygens (including phenoxy) is 1. The molecule has 0 spiro atoms. The molecule has 1 aromatic heterocycles. The Kier molecular flexibility index (Phi) is 6.38. The lowest BCUT2D eigenvalue weighted by Crippen LogP contribution is -3.15. The maximum Gasteiger partial charge on any atom is 0.279 e. The van der Waals surface area contributed by atoms with E-state index in [1.54, 1.807) is 35.7 Å². The number of hydrogen-bond acceptors (Lipinski definition) is 5. The second-order valence-corrected chi connectivity index (χ2v) is 9.68. The smallest absolute Gasteiger partial charge is 0.279 e. The fourth-order valence-electron chi connectivity index (χ4n) is 2.93. The molecular formula is C17H21ClN3O4S2+. The summed E-state index contributed by atoms with van der Waals surface area (Å²) in [5.74, 6) is 0.407. The van der Waals surface area contributed by atoms with Gasteiger partial charge in [0, 0.05) is 5.69 Å². The van der Waals surface area contributed by atoms with Gasteiger partial charge in [-0.15, -0.1) is 11.3 Å². The van der Waals surface area contributed by atoms with Crippen LogP contribution in [-0.4, -0.2) is 58.5 Å². The van der Waals surface area contributed by atoms with Crippen LogP contribution in [0.2, 0.25) is 5.02 Å². The van der Waals surface area contributed by atoms with Crippen molar-refractivity contribution in [1.82, 2.24) is 4.31 Å². The van der Waals surface area contributed by atoms with Gasteiger partial charge in [-0.2, -0.15) is 4.31 Å². The van der Waals surface area contributed by atoms with E-state index in [4.69, 9.17) is 16.3 Å². The van der Waals surface area contributed by atoms with Gasteiger partial charge in [-0.1, -0.05) is 17.7 Å². The van der Waals surface area contributed by atoms with Crippen molar-refractivity contribution in [2.45, 2.75) is 4.21 Å². The number of amides is 1. The van der Waals surface area contributed by atoms with Gasteiger partial charge in [0.15, 0.2) is 6.54 Å². The Labute approximate surface area is 167 Å². The first-order valence-electron chi connectivity index (χ1n) is 8.41. The average molecular weight is 431 g/mol. The van der Waals surface area contributed by atoms with Crippen LogP contribution in [0.15, 0.2) is 39.9 Å². The molecule has 1 aliphatic rings. The van der Waals surface area contributed by atoms with E-state index in [1.807, 2.05) is 0 Å². The molecular weight excluding hydrogens is 410 g/mol. The molecule has 0 atom stereocenters. The summed E-state index contributed by atoms with van der Waals surface area (Å²) in [6.45, 7) is 2.24. The van der Waals surface area contributed by atoms with E-state index in [2.05, 4.69) is 5.32 Å². The van der Waals surface area contributed by atoms with Crippen molar-refractivity contribution in [3.8, 4) is 5.75 Å². The van der Waals surface area contributed by atoms with Gasteiger partial charge in [-0.3, -0.25) is 4.79 Å². The largest absolute Gasteiger partial charge is 0.495 e. The number of thiophene rings is 1. The van der Waals surface area contributed by atoms with Crippen molar-refractivity contribution in [1.29, 1.82) is 0 Å². The molecule has 0 unspecified atom stereocenters. The van der Waals surface area contributed by atoms with Crippen molar-refractivity contribution in [3.05, 3.63) is 40.7 Å². The molecule has 2 aromatic rings. The lowest BCUT2D eigenvalue weighted by molar-refractivity contribution is -0.895. The van der Waals surface area contributed by atoms with Gasteiger partial charge in [0.1, 0.15) is 9.96 Å². The molecule has 1 fully saturated rings. The third kappa shape index (κ3) is 4.80. The van der Waals surface area contributed by atoms with Crippen LogP contribution in [0.25, 0.3) is 0 Å². The van der Waals surface area contributed by atoms with Crippen LogP contribution < -0.4 is 15.0 Å². The Morgan fingerprint density at radius 2 is 2.07 bits per heavy atom. The molecule has 0 bridgehead atoms. The lowest BCUT2D eigenvalue weighted by Gasteiger charge is -2.30. The Hall–Kier alpha value is -1.65. The Balaban J connectivity index is 1.52. The molecule has 10 heteroatoms. The first-order chi connectivity index (χ1) is 12.9. The van der Waals surface area contributed by atoms with Gasteiger partial charge in [0.25, 0.3) is 15.9 Å². The maximum absolute atomic E-state index is 12.5. The summed E-state index contributed by atoms with van der Waals surface area (Å²) in [5, 5.41) is 5.00. The third-order valence-electron chi connectivity index (χ3n) is 4.36. The van der Waals surface area contributed by atoms with E-state index >= 15 is 0 Å². The first-order valence-corrected chi connectivity index (χ1v) is 11.1. The Morgan fingerprint density at radius 1 is 1.33 bits per heavy atom. The standard InChI is InChI=1S/C17H20ClN3O4S2/c1-25-15-5-4-13(11-14(15)18)19-16(22)12-20-6-8-21(9-7-20)27(23,24)17-3-2-10-26-17/h2-5,10-11H,6-9,12H2,1H3,(H,19,22)/p+1. The second kappa shape index (κ2) is 8.57. The number of nitrogens with one attached hydrogen (secondary N) is 2. The van der Waals surface area contributed by atoms with E-state index in [1.165, 1.54) is 22.8 Å². The van der Waals surface area contributed by atoms with Gasteiger partial charge in [-0.05, 0) is 29.6 Å². The van der Waals surface area contributed by atoms with Crippen molar-refractivity contribution < 1.29 is 22.8 Å². The molecule has 1 saturated heterocycles. The number of hydrogen-bond donors (Lipinski definition) is 2. The van der Waals surface area contributed by atoms with E-state index in [-0.39, 0.29) is 12.5 Å². The van der Waals surface area contributed by atoms with Crippen LogP contribution in [0.1, 0.15) is 0 Å². The minimum absolute atomic E-state index is 0.138. The Morgan fingerprint density at radius 3 is 2.67 bits per heavy atom. The molecule has 0 aliphatic carbocycles. The van der Waals surface area contributed by atoms with Crippen molar-refractivity contribution in [2.24, 2.45) is 0 Å². The number of quaternary nitrogens is 1. The quantitative estimate of drug-likeness (QED) is 0.714. The van der Waals surface area contributed by atoms with Gasteiger partial charge >= 0.3 is 0 Å². The number of rotatable bonds is 6. The second-order valence-electron chi connectivity index (χ2n) is 6.16. The topological polar surface area (TPSA) is 80.2 Å². The number of halogens is 1. The highest BCUT2D eigenvalue weighted by Gasteiger charge is 2.31. The summed E-state index contributed by atoms with van der Waals surface area (Å²) in [6.07, 6.45) is 0. The summed E-state index contributed by atoms with van der Waals surface area (Å²) in [5.41, 5.74) is 0.601. The number of carbonyl (C=O) groups excluding carboxylic acids is 1. The molecule has 1 aliphatic heterocycles. The maximum atomic E-state index is 12.5. The molecule has 0 saturated carbocycles. The minimum atomic E-state index is -3.42. The van der Waals surface area contributed by atoms with Gasteiger partial charge in [0.05, 0.1) is 38.3 Å². The summed E-state index contributed by atoms with van der Waals surface area (Å²) in [6, 6.07) is 8.41. The number of methoxy groups -OCH3 is 1. The molecule has 0 radical (unpaired) electrons. The zero-order chi connectivity index (χ0) is 19.4. The normalized spacial score (nSPS) is 16.2. The summed E-state index contributed by atoms with van der Waals surface area (Å²) in [7, 11) is -1.89.